The van der Waals surface area contributed by atoms with Crippen molar-refractivity contribution in [3.05, 3.63) is 0 Å². The largest absolute Gasteiger partial charge is 0.367 e. The monoisotopic (exact) mass is 270 g/mol. The first-order valence-corrected chi connectivity index (χ1v) is 7.79. The topological polar surface area (TPSA) is 38.5 Å². The molecule has 1 heterocycles. The second-order valence-corrected chi connectivity index (χ2v) is 7.64. The lowest BCUT2D eigenvalue weighted by Crippen LogP contribution is -2.65. The average Bonchev–Trinajstić information content (AvgIpc) is 2.25. The number of ether oxygens (including phenoxy) is 1. The van der Waals surface area contributed by atoms with Crippen molar-refractivity contribution in [3.8, 4) is 0 Å². The zero-order valence-corrected chi connectivity index (χ0v) is 13.9. The zero-order chi connectivity index (χ0) is 14.7. The quantitative estimate of drug-likeness (QED) is 0.753. The highest BCUT2D eigenvalue weighted by Gasteiger charge is 2.43. The van der Waals surface area contributed by atoms with Crippen LogP contribution in [0, 0.1) is 0 Å². The minimum absolute atomic E-state index is 0.0943. The van der Waals surface area contributed by atoms with E-state index in [0.29, 0.717) is 0 Å². The Hall–Kier alpha value is -0.120. The number of hydrogen-bond donors (Lipinski definition) is 1. The summed E-state index contributed by atoms with van der Waals surface area (Å²) in [4.78, 5) is 2.56. The van der Waals surface area contributed by atoms with Crippen LogP contribution in [0.5, 0.6) is 0 Å². The van der Waals surface area contributed by atoms with Crippen LogP contribution in [-0.2, 0) is 4.74 Å². The van der Waals surface area contributed by atoms with Gasteiger partial charge in [0.2, 0.25) is 0 Å². The fourth-order valence-electron chi connectivity index (χ4n) is 3.31. The van der Waals surface area contributed by atoms with Crippen molar-refractivity contribution in [1.29, 1.82) is 0 Å². The van der Waals surface area contributed by atoms with Gasteiger partial charge >= 0.3 is 0 Å². The lowest BCUT2D eigenvalue weighted by atomic mass is 9.87. The lowest BCUT2D eigenvalue weighted by Gasteiger charge is -2.53. The summed E-state index contributed by atoms with van der Waals surface area (Å²) < 4.78 is 6.17. The molecule has 0 spiro atoms. The fourth-order valence-corrected chi connectivity index (χ4v) is 3.31. The summed E-state index contributed by atoms with van der Waals surface area (Å²) in [6.45, 7) is 16.0. The molecule has 0 aromatic carbocycles. The zero-order valence-electron chi connectivity index (χ0n) is 13.9. The van der Waals surface area contributed by atoms with E-state index < -0.39 is 0 Å². The number of nitrogens with two attached hydrogens (primary N) is 1. The predicted molar refractivity (Wildman–Crippen MR) is 82.4 cm³/mol. The van der Waals surface area contributed by atoms with Gasteiger partial charge in [0.05, 0.1) is 11.2 Å². The molecule has 0 aromatic rings. The Balaban J connectivity index is 2.78. The molecule has 1 rings (SSSR count). The molecule has 1 atom stereocenters. The molecule has 0 saturated carbocycles. The van der Waals surface area contributed by atoms with E-state index in [1.807, 2.05) is 0 Å². The summed E-state index contributed by atoms with van der Waals surface area (Å²) in [5.74, 6) is 0. The highest BCUT2D eigenvalue weighted by molar-refractivity contribution is 4.97. The molecular weight excluding hydrogens is 236 g/mol. The molecule has 0 aromatic heterocycles. The van der Waals surface area contributed by atoms with E-state index in [-0.39, 0.29) is 16.7 Å². The summed E-state index contributed by atoms with van der Waals surface area (Å²) in [5.41, 5.74) is 6.03. The van der Waals surface area contributed by atoms with Crippen LogP contribution in [0.3, 0.4) is 0 Å². The normalized spacial score (nSPS) is 26.1. The third kappa shape index (κ3) is 4.73. The van der Waals surface area contributed by atoms with E-state index in [1.165, 1.54) is 25.7 Å². The van der Waals surface area contributed by atoms with Crippen molar-refractivity contribution in [2.24, 2.45) is 5.73 Å². The number of nitrogens with zero attached hydrogens (tertiary/aromatic N) is 1. The number of rotatable bonds is 6. The van der Waals surface area contributed by atoms with Crippen LogP contribution in [0.2, 0.25) is 0 Å². The molecule has 0 radical (unpaired) electrons. The smallest absolute Gasteiger partial charge is 0.0761 e. The van der Waals surface area contributed by atoms with Crippen LogP contribution in [0.1, 0.15) is 67.2 Å². The second-order valence-electron chi connectivity index (χ2n) is 7.64. The van der Waals surface area contributed by atoms with Gasteiger partial charge in [-0.2, -0.15) is 0 Å². The van der Waals surface area contributed by atoms with Gasteiger partial charge in [-0.15, -0.1) is 0 Å². The fraction of sp³-hybridized carbons (Fsp3) is 1.00. The Bertz CT molecular complexity index is 272. The summed E-state index contributed by atoms with van der Waals surface area (Å²) in [6, 6.07) is 0. The molecule has 0 bridgehead atoms. The van der Waals surface area contributed by atoms with Gasteiger partial charge in [-0.1, -0.05) is 26.2 Å². The second kappa shape index (κ2) is 6.11. The molecule has 1 saturated heterocycles. The van der Waals surface area contributed by atoms with Crippen LogP contribution >= 0.6 is 0 Å². The highest BCUT2D eigenvalue weighted by Crippen LogP contribution is 2.34. The van der Waals surface area contributed by atoms with Gasteiger partial charge in [0.25, 0.3) is 0 Å². The van der Waals surface area contributed by atoms with Crippen molar-refractivity contribution >= 4 is 0 Å². The standard InChI is InChI=1S/C16H34N2O/c1-7-8-9-10-16(6,11-17)18-12-14(2,3)19-15(4,5)13-18/h7-13,17H2,1-6H3. The SMILES string of the molecule is CCCCCC(C)(CN)N1CC(C)(C)OC(C)(C)C1. The van der Waals surface area contributed by atoms with Gasteiger partial charge in [0.1, 0.15) is 0 Å². The maximum atomic E-state index is 6.17. The Morgan fingerprint density at radius 3 is 2.05 bits per heavy atom. The molecule has 3 heteroatoms. The molecule has 1 fully saturated rings. The number of hydrogen-bond acceptors (Lipinski definition) is 3. The van der Waals surface area contributed by atoms with E-state index in [9.17, 15) is 0 Å². The maximum absolute atomic E-state index is 6.17. The van der Waals surface area contributed by atoms with Crippen molar-refractivity contribution in [2.45, 2.75) is 84.0 Å². The molecule has 0 amide bonds. The lowest BCUT2D eigenvalue weighted by molar-refractivity contribution is -0.198. The minimum Gasteiger partial charge on any atom is -0.367 e. The summed E-state index contributed by atoms with van der Waals surface area (Å²) in [5, 5.41) is 0. The van der Waals surface area contributed by atoms with Crippen molar-refractivity contribution in [1.82, 2.24) is 4.90 Å². The van der Waals surface area contributed by atoms with E-state index in [0.717, 1.165) is 19.6 Å². The van der Waals surface area contributed by atoms with Crippen LogP contribution in [0.4, 0.5) is 0 Å². The van der Waals surface area contributed by atoms with Crippen LogP contribution in [-0.4, -0.2) is 41.3 Å². The molecule has 3 nitrogen and oxygen atoms in total. The van der Waals surface area contributed by atoms with Gasteiger partial charge < -0.3 is 10.5 Å². The number of unbranched alkanes of at least 4 members (excludes halogenated alkanes) is 2. The van der Waals surface area contributed by atoms with Gasteiger partial charge in [0, 0.05) is 25.2 Å². The third-order valence-electron chi connectivity index (χ3n) is 4.22. The molecule has 1 unspecified atom stereocenters. The summed E-state index contributed by atoms with van der Waals surface area (Å²) >= 11 is 0. The molecule has 2 N–H and O–H groups in total. The first-order chi connectivity index (χ1) is 8.64. The molecule has 1 aliphatic heterocycles. The van der Waals surface area contributed by atoms with Gasteiger partial charge in [0.15, 0.2) is 0 Å². The van der Waals surface area contributed by atoms with Crippen LogP contribution in [0.25, 0.3) is 0 Å². The van der Waals surface area contributed by atoms with Gasteiger partial charge in [-0.05, 0) is 41.0 Å². The predicted octanol–water partition coefficient (Wildman–Crippen LogP) is 3.17. The van der Waals surface area contributed by atoms with Gasteiger partial charge in [-0.25, -0.2) is 0 Å². The summed E-state index contributed by atoms with van der Waals surface area (Å²) in [6.07, 6.45) is 5.01. The first-order valence-electron chi connectivity index (χ1n) is 7.79. The van der Waals surface area contributed by atoms with E-state index in [2.05, 4.69) is 46.4 Å². The molecular formula is C16H34N2O. The third-order valence-corrected chi connectivity index (χ3v) is 4.22. The molecule has 114 valence electrons. The highest BCUT2D eigenvalue weighted by atomic mass is 16.5. The van der Waals surface area contributed by atoms with Crippen molar-refractivity contribution in [2.75, 3.05) is 19.6 Å². The maximum Gasteiger partial charge on any atom is 0.0761 e. The van der Waals surface area contributed by atoms with Crippen LogP contribution in [0.15, 0.2) is 0 Å². The summed E-state index contributed by atoms with van der Waals surface area (Å²) in [7, 11) is 0. The Labute approximate surface area is 119 Å². The van der Waals surface area contributed by atoms with Gasteiger partial charge in [-0.3, -0.25) is 4.90 Å². The van der Waals surface area contributed by atoms with Crippen molar-refractivity contribution < 1.29 is 4.74 Å². The Morgan fingerprint density at radius 1 is 1.11 bits per heavy atom. The van der Waals surface area contributed by atoms with E-state index in [4.69, 9.17) is 10.5 Å². The average molecular weight is 270 g/mol. The van der Waals surface area contributed by atoms with E-state index >= 15 is 0 Å². The first kappa shape index (κ1) is 16.9. The molecule has 19 heavy (non-hydrogen) atoms. The minimum atomic E-state index is -0.0943. The molecule has 0 aliphatic carbocycles. The van der Waals surface area contributed by atoms with Crippen LogP contribution < -0.4 is 5.73 Å². The molecule has 1 aliphatic rings. The van der Waals surface area contributed by atoms with Crippen molar-refractivity contribution in [3.63, 3.8) is 0 Å². The Kier molecular flexibility index (Phi) is 5.44. The Morgan fingerprint density at radius 2 is 1.63 bits per heavy atom. The van der Waals surface area contributed by atoms with E-state index in [1.54, 1.807) is 0 Å². The number of morpholine rings is 1.